The molecule has 0 aromatic rings. The highest BCUT2D eigenvalue weighted by molar-refractivity contribution is 5.76. The van der Waals surface area contributed by atoms with Gasteiger partial charge in [-0.1, -0.05) is 12.8 Å². The summed E-state index contributed by atoms with van der Waals surface area (Å²) in [7, 11) is 0. The Hall–Kier alpha value is -0.570. The zero-order valence-corrected chi connectivity index (χ0v) is 11.9. The molecule has 3 nitrogen and oxygen atoms in total. The zero-order valence-electron chi connectivity index (χ0n) is 11.9. The van der Waals surface area contributed by atoms with Crippen LogP contribution in [0.4, 0.5) is 0 Å². The Balaban J connectivity index is 2.40. The third-order valence-electron chi connectivity index (χ3n) is 3.14. The van der Waals surface area contributed by atoms with Gasteiger partial charge in [0.1, 0.15) is 5.60 Å². The van der Waals surface area contributed by atoms with Crippen LogP contribution in [0, 0.1) is 5.41 Å². The topological polar surface area (TPSA) is 38.3 Å². The highest BCUT2D eigenvalue weighted by atomic mass is 16.6. The van der Waals surface area contributed by atoms with Crippen LogP contribution in [0.2, 0.25) is 0 Å². The van der Waals surface area contributed by atoms with E-state index < -0.39 is 11.0 Å². The van der Waals surface area contributed by atoms with E-state index in [0.29, 0.717) is 12.6 Å². The van der Waals surface area contributed by atoms with Crippen molar-refractivity contribution in [3.8, 4) is 0 Å². The first kappa shape index (κ1) is 14.5. The maximum Gasteiger partial charge on any atom is 0.313 e. The van der Waals surface area contributed by atoms with Crippen LogP contribution in [0.25, 0.3) is 0 Å². The van der Waals surface area contributed by atoms with Crippen molar-refractivity contribution in [3.05, 3.63) is 0 Å². The van der Waals surface area contributed by atoms with Gasteiger partial charge in [0.2, 0.25) is 0 Å². The average molecular weight is 241 g/mol. The van der Waals surface area contributed by atoms with Crippen LogP contribution in [0.3, 0.4) is 0 Å². The summed E-state index contributed by atoms with van der Waals surface area (Å²) in [5, 5.41) is 3.49. The molecule has 1 N–H and O–H groups in total. The van der Waals surface area contributed by atoms with Gasteiger partial charge in [-0.25, -0.2) is 0 Å². The van der Waals surface area contributed by atoms with Crippen LogP contribution in [-0.4, -0.2) is 24.2 Å². The Kier molecular flexibility index (Phi) is 4.59. The van der Waals surface area contributed by atoms with Gasteiger partial charge in [0, 0.05) is 12.6 Å². The Morgan fingerprint density at radius 2 is 1.71 bits per heavy atom. The van der Waals surface area contributed by atoms with Crippen molar-refractivity contribution in [1.29, 1.82) is 0 Å². The molecule has 1 fully saturated rings. The summed E-state index contributed by atoms with van der Waals surface area (Å²) in [6.45, 7) is 10.3. The van der Waals surface area contributed by atoms with Gasteiger partial charge in [-0.3, -0.25) is 4.79 Å². The van der Waals surface area contributed by atoms with Crippen molar-refractivity contribution in [2.24, 2.45) is 5.41 Å². The Morgan fingerprint density at radius 1 is 1.18 bits per heavy atom. The molecule has 1 aliphatic rings. The van der Waals surface area contributed by atoms with Gasteiger partial charge in [0.15, 0.2) is 0 Å². The lowest BCUT2D eigenvalue weighted by molar-refractivity contribution is -0.165. The van der Waals surface area contributed by atoms with Crippen LogP contribution in [0.5, 0.6) is 0 Å². The average Bonchev–Trinajstić information content (AvgIpc) is 2.64. The largest absolute Gasteiger partial charge is 0.460 e. The summed E-state index contributed by atoms with van der Waals surface area (Å²) in [5.74, 6) is -0.115. The van der Waals surface area contributed by atoms with Crippen molar-refractivity contribution in [1.82, 2.24) is 5.32 Å². The molecule has 0 radical (unpaired) electrons. The molecule has 0 saturated heterocycles. The van der Waals surface area contributed by atoms with Gasteiger partial charge >= 0.3 is 5.97 Å². The van der Waals surface area contributed by atoms with E-state index in [4.69, 9.17) is 4.74 Å². The predicted octanol–water partition coefficient (Wildman–Crippen LogP) is 2.89. The van der Waals surface area contributed by atoms with Crippen LogP contribution in [0.1, 0.15) is 60.3 Å². The number of nitrogens with one attached hydrogen (secondary N) is 1. The zero-order chi connectivity index (χ0) is 13.1. The van der Waals surface area contributed by atoms with E-state index in [2.05, 4.69) is 5.32 Å². The molecule has 0 unspecified atom stereocenters. The molecular weight excluding hydrogens is 214 g/mol. The smallest absolute Gasteiger partial charge is 0.313 e. The van der Waals surface area contributed by atoms with E-state index in [9.17, 15) is 4.79 Å². The quantitative estimate of drug-likeness (QED) is 0.769. The van der Waals surface area contributed by atoms with Crippen molar-refractivity contribution < 1.29 is 9.53 Å². The van der Waals surface area contributed by atoms with E-state index >= 15 is 0 Å². The molecule has 0 aromatic carbocycles. The van der Waals surface area contributed by atoms with Crippen LogP contribution in [0.15, 0.2) is 0 Å². The van der Waals surface area contributed by atoms with E-state index in [1.54, 1.807) is 0 Å². The van der Waals surface area contributed by atoms with Gasteiger partial charge in [0.05, 0.1) is 5.41 Å². The van der Waals surface area contributed by atoms with E-state index in [0.717, 1.165) is 0 Å². The van der Waals surface area contributed by atoms with Crippen molar-refractivity contribution in [3.63, 3.8) is 0 Å². The lowest BCUT2D eigenvalue weighted by Gasteiger charge is -2.29. The molecule has 100 valence electrons. The SMILES string of the molecule is CC(C)(C)OC(=O)C(C)(C)CNC1CCCC1. The van der Waals surface area contributed by atoms with Crippen LogP contribution in [-0.2, 0) is 9.53 Å². The van der Waals surface area contributed by atoms with E-state index in [1.165, 1.54) is 25.7 Å². The third-order valence-corrected chi connectivity index (χ3v) is 3.14. The second-order valence-corrected chi connectivity index (χ2v) is 6.75. The molecule has 3 heteroatoms. The molecule has 0 aliphatic heterocycles. The maximum atomic E-state index is 12.0. The summed E-state index contributed by atoms with van der Waals surface area (Å²) in [6.07, 6.45) is 5.10. The molecule has 0 bridgehead atoms. The number of carbonyl (C=O) groups excluding carboxylic acids is 1. The van der Waals surface area contributed by atoms with Gasteiger partial charge in [-0.2, -0.15) is 0 Å². The number of carbonyl (C=O) groups is 1. The first-order valence-electron chi connectivity index (χ1n) is 6.67. The molecule has 0 amide bonds. The summed E-state index contributed by atoms with van der Waals surface area (Å²) in [4.78, 5) is 12.0. The maximum absolute atomic E-state index is 12.0. The molecule has 1 rings (SSSR count). The van der Waals surface area contributed by atoms with Crippen molar-refractivity contribution in [2.45, 2.75) is 71.9 Å². The molecule has 1 aliphatic carbocycles. The highest BCUT2D eigenvalue weighted by Crippen LogP contribution is 2.23. The summed E-state index contributed by atoms with van der Waals surface area (Å²) in [6, 6.07) is 0.594. The molecule has 17 heavy (non-hydrogen) atoms. The first-order valence-corrected chi connectivity index (χ1v) is 6.67. The molecule has 1 saturated carbocycles. The standard InChI is InChI=1S/C14H27NO2/c1-13(2,3)17-12(16)14(4,5)10-15-11-8-6-7-9-11/h11,15H,6-10H2,1-5H3. The molecular formula is C14H27NO2. The summed E-state index contributed by atoms with van der Waals surface area (Å²) in [5.41, 5.74) is -0.850. The minimum absolute atomic E-state index is 0.115. The Morgan fingerprint density at radius 3 is 2.18 bits per heavy atom. The fraction of sp³-hybridized carbons (Fsp3) is 0.929. The summed E-state index contributed by atoms with van der Waals surface area (Å²) < 4.78 is 5.44. The van der Waals surface area contributed by atoms with Crippen LogP contribution < -0.4 is 5.32 Å². The number of rotatable bonds is 4. The van der Waals surface area contributed by atoms with Crippen molar-refractivity contribution in [2.75, 3.05) is 6.54 Å². The monoisotopic (exact) mass is 241 g/mol. The highest BCUT2D eigenvalue weighted by Gasteiger charge is 2.33. The fourth-order valence-electron chi connectivity index (χ4n) is 2.02. The number of hydrogen-bond donors (Lipinski definition) is 1. The van der Waals surface area contributed by atoms with Crippen molar-refractivity contribution >= 4 is 5.97 Å². The van der Waals surface area contributed by atoms with Gasteiger partial charge < -0.3 is 10.1 Å². The second kappa shape index (κ2) is 5.38. The third kappa shape index (κ3) is 5.07. The van der Waals surface area contributed by atoms with Gasteiger partial charge in [-0.15, -0.1) is 0 Å². The molecule has 0 heterocycles. The Labute approximate surface area is 105 Å². The van der Waals surface area contributed by atoms with E-state index in [-0.39, 0.29) is 5.97 Å². The van der Waals surface area contributed by atoms with Gasteiger partial charge in [-0.05, 0) is 47.5 Å². The predicted molar refractivity (Wildman–Crippen MR) is 69.9 cm³/mol. The Bertz CT molecular complexity index is 260. The number of hydrogen-bond acceptors (Lipinski definition) is 3. The van der Waals surface area contributed by atoms with E-state index in [1.807, 2.05) is 34.6 Å². The van der Waals surface area contributed by atoms with Crippen LogP contribution >= 0.6 is 0 Å². The summed E-state index contributed by atoms with van der Waals surface area (Å²) >= 11 is 0. The van der Waals surface area contributed by atoms with Gasteiger partial charge in [0.25, 0.3) is 0 Å². The number of esters is 1. The fourth-order valence-corrected chi connectivity index (χ4v) is 2.02. The molecule has 0 spiro atoms. The minimum atomic E-state index is -0.449. The lowest BCUT2D eigenvalue weighted by Crippen LogP contribution is -2.43. The molecule has 0 aromatic heterocycles. The molecule has 0 atom stereocenters. The first-order chi connectivity index (χ1) is 7.71. The lowest BCUT2D eigenvalue weighted by atomic mass is 9.92. The second-order valence-electron chi connectivity index (χ2n) is 6.75. The normalized spacial score (nSPS) is 18.4. The minimum Gasteiger partial charge on any atom is -0.460 e. The number of ether oxygens (including phenoxy) is 1.